The summed E-state index contributed by atoms with van der Waals surface area (Å²) in [5.41, 5.74) is 2.53. The normalized spacial score (nSPS) is 17.8. The van der Waals surface area contributed by atoms with Crippen LogP contribution in [0.5, 0.6) is 0 Å². The molecule has 1 fully saturated rings. The molecule has 0 unspecified atom stereocenters. The van der Waals surface area contributed by atoms with Gasteiger partial charge in [-0.05, 0) is 38.6 Å². The standard InChI is InChI=1S/C19H20ClN7/c1-26-6-3-4-13(11-26)23-19-18-14(5-7-27(18)2)16(24-25-19)17-15(20)8-12(9-21)10-22-17/h5,7-8,10,13H,3-4,6,11H2,1-2H3,(H,23,25)/t13-/m1/s1. The van der Waals surface area contributed by atoms with E-state index in [1.165, 1.54) is 12.6 Å². The number of hydrogen-bond acceptors (Lipinski definition) is 6. The minimum Gasteiger partial charge on any atom is -0.363 e. The van der Waals surface area contributed by atoms with E-state index in [0.29, 0.717) is 28.0 Å². The summed E-state index contributed by atoms with van der Waals surface area (Å²) in [6.45, 7) is 2.11. The van der Waals surface area contributed by atoms with Crippen LogP contribution in [0.15, 0.2) is 24.5 Å². The van der Waals surface area contributed by atoms with Crippen LogP contribution in [-0.2, 0) is 7.05 Å². The van der Waals surface area contributed by atoms with Crippen LogP contribution in [0.3, 0.4) is 0 Å². The van der Waals surface area contributed by atoms with Gasteiger partial charge in [-0.1, -0.05) is 11.6 Å². The molecule has 1 atom stereocenters. The fourth-order valence-electron chi connectivity index (χ4n) is 3.64. The lowest BCUT2D eigenvalue weighted by atomic mass is 10.1. The van der Waals surface area contributed by atoms with Crippen molar-refractivity contribution in [3.8, 4) is 17.5 Å². The Bertz CT molecular complexity index is 1040. The number of pyridine rings is 1. The van der Waals surface area contributed by atoms with Crippen LogP contribution in [0.4, 0.5) is 5.82 Å². The lowest BCUT2D eigenvalue weighted by Crippen LogP contribution is -2.40. The zero-order valence-corrected chi connectivity index (χ0v) is 16.0. The Balaban J connectivity index is 1.76. The fourth-order valence-corrected chi connectivity index (χ4v) is 3.90. The third kappa shape index (κ3) is 3.34. The predicted octanol–water partition coefficient (Wildman–Crippen LogP) is 3.06. The van der Waals surface area contributed by atoms with Crippen molar-refractivity contribution in [2.24, 2.45) is 7.05 Å². The Morgan fingerprint density at radius 2 is 2.15 bits per heavy atom. The predicted molar refractivity (Wildman–Crippen MR) is 106 cm³/mol. The van der Waals surface area contributed by atoms with E-state index in [9.17, 15) is 0 Å². The maximum absolute atomic E-state index is 9.02. The molecule has 1 aliphatic heterocycles. The molecule has 8 heteroatoms. The Kier molecular flexibility index (Phi) is 4.68. The summed E-state index contributed by atoms with van der Waals surface area (Å²) in [5.74, 6) is 0.770. The quantitative estimate of drug-likeness (QED) is 0.750. The van der Waals surface area contributed by atoms with Gasteiger partial charge in [-0.3, -0.25) is 4.98 Å². The average Bonchev–Trinajstić information content (AvgIpc) is 3.05. The number of anilines is 1. The molecular weight excluding hydrogens is 362 g/mol. The first-order chi connectivity index (χ1) is 13.1. The van der Waals surface area contributed by atoms with Crippen LogP contribution in [0, 0.1) is 11.3 Å². The smallest absolute Gasteiger partial charge is 0.173 e. The van der Waals surface area contributed by atoms with E-state index in [4.69, 9.17) is 16.9 Å². The first-order valence-corrected chi connectivity index (χ1v) is 9.27. The van der Waals surface area contributed by atoms with Crippen molar-refractivity contribution in [1.29, 1.82) is 5.26 Å². The SMILES string of the molecule is CN1CCC[C@@H](Nc2nnc(-c3ncc(C#N)cc3Cl)c3ccn(C)c23)C1. The van der Waals surface area contributed by atoms with Crippen LogP contribution in [0.2, 0.25) is 5.02 Å². The number of likely N-dealkylation sites (N-methyl/N-ethyl adjacent to an activating group) is 1. The summed E-state index contributed by atoms with van der Waals surface area (Å²) >= 11 is 6.35. The van der Waals surface area contributed by atoms with Gasteiger partial charge in [-0.25, -0.2) is 0 Å². The monoisotopic (exact) mass is 381 g/mol. The topological polar surface area (TPSA) is 82.7 Å². The summed E-state index contributed by atoms with van der Waals surface area (Å²) in [6.07, 6.45) is 5.76. The van der Waals surface area contributed by atoms with E-state index in [1.54, 1.807) is 6.07 Å². The average molecular weight is 382 g/mol. The number of rotatable bonds is 3. The fraction of sp³-hybridized carbons (Fsp3) is 0.368. The molecule has 0 radical (unpaired) electrons. The van der Waals surface area contributed by atoms with Crippen molar-refractivity contribution < 1.29 is 0 Å². The van der Waals surface area contributed by atoms with Crippen LogP contribution in [0.1, 0.15) is 18.4 Å². The Morgan fingerprint density at radius 3 is 2.89 bits per heavy atom. The number of hydrogen-bond donors (Lipinski definition) is 1. The van der Waals surface area contributed by atoms with Crippen LogP contribution in [0.25, 0.3) is 22.3 Å². The van der Waals surface area contributed by atoms with Gasteiger partial charge in [0.2, 0.25) is 0 Å². The lowest BCUT2D eigenvalue weighted by molar-refractivity contribution is 0.261. The second-order valence-electron chi connectivity index (χ2n) is 7.00. The van der Waals surface area contributed by atoms with Crippen molar-refractivity contribution in [1.82, 2.24) is 24.6 Å². The van der Waals surface area contributed by atoms with Gasteiger partial charge < -0.3 is 14.8 Å². The molecule has 4 heterocycles. The van der Waals surface area contributed by atoms with Crippen LogP contribution in [-0.4, -0.2) is 50.8 Å². The van der Waals surface area contributed by atoms with Crippen LogP contribution < -0.4 is 5.32 Å². The van der Waals surface area contributed by atoms with E-state index < -0.39 is 0 Å². The first-order valence-electron chi connectivity index (χ1n) is 8.89. The highest BCUT2D eigenvalue weighted by Crippen LogP contribution is 2.33. The van der Waals surface area contributed by atoms with Crippen molar-refractivity contribution in [2.45, 2.75) is 18.9 Å². The van der Waals surface area contributed by atoms with Crippen LogP contribution >= 0.6 is 11.6 Å². The third-order valence-electron chi connectivity index (χ3n) is 4.96. The number of halogens is 1. The number of aryl methyl sites for hydroxylation is 1. The Hall–Kier alpha value is -2.69. The zero-order chi connectivity index (χ0) is 19.0. The maximum atomic E-state index is 9.02. The van der Waals surface area contributed by atoms with Gasteiger partial charge in [-0.2, -0.15) is 5.26 Å². The first kappa shape index (κ1) is 17.7. The summed E-state index contributed by atoms with van der Waals surface area (Å²) in [7, 11) is 4.12. The number of piperidine rings is 1. The van der Waals surface area contributed by atoms with Gasteiger partial charge in [0.05, 0.1) is 16.1 Å². The van der Waals surface area contributed by atoms with E-state index >= 15 is 0 Å². The lowest BCUT2D eigenvalue weighted by Gasteiger charge is -2.30. The molecule has 0 spiro atoms. The summed E-state index contributed by atoms with van der Waals surface area (Å²) < 4.78 is 2.03. The van der Waals surface area contributed by atoms with E-state index in [1.807, 2.05) is 29.9 Å². The van der Waals surface area contributed by atoms with E-state index in [0.717, 1.165) is 36.2 Å². The largest absolute Gasteiger partial charge is 0.363 e. The second kappa shape index (κ2) is 7.14. The highest BCUT2D eigenvalue weighted by molar-refractivity contribution is 6.33. The van der Waals surface area contributed by atoms with Gasteiger partial charge in [0.1, 0.15) is 17.5 Å². The minimum atomic E-state index is 0.346. The number of aromatic nitrogens is 4. The van der Waals surface area contributed by atoms with Gasteiger partial charge >= 0.3 is 0 Å². The maximum Gasteiger partial charge on any atom is 0.173 e. The number of fused-ring (bicyclic) bond motifs is 1. The van der Waals surface area contributed by atoms with Crippen molar-refractivity contribution in [2.75, 3.05) is 25.5 Å². The summed E-state index contributed by atoms with van der Waals surface area (Å²) in [5, 5.41) is 22.8. The molecule has 4 rings (SSSR count). The molecule has 0 saturated carbocycles. The van der Waals surface area contributed by atoms with Gasteiger partial charge in [0, 0.05) is 37.4 Å². The Morgan fingerprint density at radius 1 is 1.30 bits per heavy atom. The highest BCUT2D eigenvalue weighted by atomic mass is 35.5. The van der Waals surface area contributed by atoms with Crippen molar-refractivity contribution >= 4 is 28.3 Å². The molecule has 27 heavy (non-hydrogen) atoms. The molecule has 1 saturated heterocycles. The van der Waals surface area contributed by atoms with Gasteiger partial charge in [0.25, 0.3) is 0 Å². The number of nitrogens with one attached hydrogen (secondary N) is 1. The molecule has 0 aliphatic carbocycles. The highest BCUT2D eigenvalue weighted by Gasteiger charge is 2.21. The summed E-state index contributed by atoms with van der Waals surface area (Å²) in [4.78, 5) is 6.67. The van der Waals surface area contributed by atoms with Crippen molar-refractivity contribution in [3.63, 3.8) is 0 Å². The van der Waals surface area contributed by atoms with Gasteiger partial charge in [-0.15, -0.1) is 10.2 Å². The third-order valence-corrected chi connectivity index (χ3v) is 5.25. The molecule has 1 N–H and O–H groups in total. The van der Waals surface area contributed by atoms with Gasteiger partial charge in [0.15, 0.2) is 5.82 Å². The van der Waals surface area contributed by atoms with E-state index in [2.05, 4.69) is 32.4 Å². The number of likely N-dealkylation sites (tertiary alicyclic amines) is 1. The molecule has 0 bridgehead atoms. The summed E-state index contributed by atoms with van der Waals surface area (Å²) in [6, 6.07) is 5.99. The minimum absolute atomic E-state index is 0.346. The molecule has 7 nitrogen and oxygen atoms in total. The second-order valence-corrected chi connectivity index (χ2v) is 7.41. The van der Waals surface area contributed by atoms with E-state index in [-0.39, 0.29) is 0 Å². The molecule has 138 valence electrons. The number of nitrogens with zero attached hydrogens (tertiary/aromatic N) is 6. The molecule has 3 aromatic heterocycles. The molecule has 3 aromatic rings. The molecule has 1 aliphatic rings. The number of nitriles is 1. The molecule has 0 aromatic carbocycles. The molecule has 0 amide bonds. The Labute approximate surface area is 162 Å². The van der Waals surface area contributed by atoms with Crippen molar-refractivity contribution in [3.05, 3.63) is 35.1 Å². The molecular formula is C19H20ClN7. The zero-order valence-electron chi connectivity index (χ0n) is 15.3.